The molecule has 0 radical (unpaired) electrons. The molecule has 0 spiro atoms. The van der Waals surface area contributed by atoms with E-state index in [0.29, 0.717) is 23.3 Å². The van der Waals surface area contributed by atoms with Gasteiger partial charge in [-0.25, -0.2) is 4.79 Å². The highest BCUT2D eigenvalue weighted by atomic mass is 16.6. The van der Waals surface area contributed by atoms with E-state index in [4.69, 9.17) is 4.74 Å². The number of esters is 1. The van der Waals surface area contributed by atoms with Crippen molar-refractivity contribution >= 4 is 5.97 Å². The topological polar surface area (TPSA) is 26.3 Å². The number of rotatable bonds is 4. The zero-order valence-electron chi connectivity index (χ0n) is 15.5. The molecule has 1 aromatic carbocycles. The van der Waals surface area contributed by atoms with Gasteiger partial charge in [-0.05, 0) is 80.9 Å². The van der Waals surface area contributed by atoms with Crippen molar-refractivity contribution in [2.24, 2.45) is 17.8 Å². The van der Waals surface area contributed by atoms with E-state index in [2.05, 4.69) is 38.1 Å². The molecule has 3 aliphatic rings. The van der Waals surface area contributed by atoms with E-state index < -0.39 is 0 Å². The van der Waals surface area contributed by atoms with E-state index in [1.54, 1.807) is 0 Å². The second-order valence-electron chi connectivity index (χ2n) is 8.84. The number of carbonyl (C=O) groups is 1. The average molecular weight is 338 g/mol. The highest BCUT2D eigenvalue weighted by molar-refractivity contribution is 5.90. The van der Waals surface area contributed by atoms with Gasteiger partial charge in [0.05, 0.1) is 5.56 Å². The van der Waals surface area contributed by atoms with Gasteiger partial charge in [0.2, 0.25) is 0 Å². The highest BCUT2D eigenvalue weighted by Crippen LogP contribution is 2.48. The standard InChI is InChI=1S/C23H30O2/c1-23(2,20-9-4-3-5-10-20)25-22(24)19-8-6-7-17(15-19)21-14-16-11-12-18(21)13-16/h6-8,11-12,15-16,18,20-21H,3-5,9-10,13-14H2,1-2H3. The summed E-state index contributed by atoms with van der Waals surface area (Å²) in [5.74, 6) is 2.32. The molecule has 134 valence electrons. The number of carbonyl (C=O) groups excluding carboxylic acids is 1. The molecule has 3 atom stereocenters. The van der Waals surface area contributed by atoms with E-state index in [9.17, 15) is 4.79 Å². The molecule has 3 unspecified atom stereocenters. The fraction of sp³-hybridized carbons (Fsp3) is 0.609. The van der Waals surface area contributed by atoms with Crippen molar-refractivity contribution in [1.29, 1.82) is 0 Å². The molecule has 25 heavy (non-hydrogen) atoms. The molecule has 2 heteroatoms. The van der Waals surface area contributed by atoms with Gasteiger partial charge in [-0.2, -0.15) is 0 Å². The molecule has 0 N–H and O–H groups in total. The molecular weight excluding hydrogens is 308 g/mol. The maximum Gasteiger partial charge on any atom is 0.338 e. The molecule has 2 bridgehead atoms. The molecule has 0 amide bonds. The van der Waals surface area contributed by atoms with Crippen LogP contribution in [0.1, 0.15) is 80.6 Å². The molecule has 0 saturated heterocycles. The molecule has 0 aliphatic heterocycles. The zero-order chi connectivity index (χ0) is 17.4. The van der Waals surface area contributed by atoms with E-state index in [-0.39, 0.29) is 11.6 Å². The van der Waals surface area contributed by atoms with Crippen LogP contribution in [0.4, 0.5) is 0 Å². The zero-order valence-corrected chi connectivity index (χ0v) is 15.5. The van der Waals surface area contributed by atoms with Gasteiger partial charge in [0.25, 0.3) is 0 Å². The van der Waals surface area contributed by atoms with Crippen molar-refractivity contribution in [3.8, 4) is 0 Å². The largest absolute Gasteiger partial charge is 0.456 e. The van der Waals surface area contributed by atoms with Crippen molar-refractivity contribution in [2.45, 2.75) is 70.3 Å². The lowest BCUT2D eigenvalue weighted by Gasteiger charge is -2.36. The lowest BCUT2D eigenvalue weighted by atomic mass is 9.78. The van der Waals surface area contributed by atoms with Crippen LogP contribution < -0.4 is 0 Å². The molecule has 2 nitrogen and oxygen atoms in total. The van der Waals surface area contributed by atoms with Gasteiger partial charge in [0, 0.05) is 0 Å². The molecule has 2 saturated carbocycles. The molecular formula is C23H30O2. The fourth-order valence-corrected chi connectivity index (χ4v) is 5.24. The molecule has 0 heterocycles. The van der Waals surface area contributed by atoms with E-state index >= 15 is 0 Å². The van der Waals surface area contributed by atoms with Crippen molar-refractivity contribution in [1.82, 2.24) is 0 Å². The van der Waals surface area contributed by atoms with E-state index in [0.717, 1.165) is 5.92 Å². The van der Waals surface area contributed by atoms with Crippen molar-refractivity contribution < 1.29 is 9.53 Å². The quantitative estimate of drug-likeness (QED) is 0.506. The van der Waals surface area contributed by atoms with Crippen molar-refractivity contribution in [2.75, 3.05) is 0 Å². The number of fused-ring (bicyclic) bond motifs is 2. The Bertz CT molecular complexity index is 666. The molecule has 4 rings (SSSR count). The van der Waals surface area contributed by atoms with Crippen LogP contribution in [0.25, 0.3) is 0 Å². The molecule has 1 aromatic rings. The van der Waals surface area contributed by atoms with E-state index in [1.807, 2.05) is 12.1 Å². The Balaban J connectivity index is 1.47. The number of allylic oxidation sites excluding steroid dienone is 2. The van der Waals surface area contributed by atoms with Gasteiger partial charge in [0.15, 0.2) is 0 Å². The lowest BCUT2D eigenvalue weighted by molar-refractivity contribution is -0.0384. The Kier molecular flexibility index (Phi) is 4.47. The van der Waals surface area contributed by atoms with E-state index in [1.165, 1.54) is 50.5 Å². The monoisotopic (exact) mass is 338 g/mol. The molecule has 3 aliphatic carbocycles. The Morgan fingerprint density at radius 1 is 1.08 bits per heavy atom. The Labute approximate surface area is 151 Å². The summed E-state index contributed by atoms with van der Waals surface area (Å²) in [5.41, 5.74) is 1.65. The number of hydrogen-bond acceptors (Lipinski definition) is 2. The van der Waals surface area contributed by atoms with Crippen LogP contribution in [0.5, 0.6) is 0 Å². The maximum atomic E-state index is 12.8. The summed E-state index contributed by atoms with van der Waals surface area (Å²) >= 11 is 0. The Morgan fingerprint density at radius 3 is 2.56 bits per heavy atom. The minimum atomic E-state index is -0.372. The SMILES string of the molecule is CC(C)(OC(=O)c1cccc(C2CC3C=CC2C3)c1)C1CCCCC1. The number of ether oxygens (including phenoxy) is 1. The van der Waals surface area contributed by atoms with Gasteiger partial charge in [-0.1, -0.05) is 43.5 Å². The normalized spacial score (nSPS) is 29.1. The second-order valence-corrected chi connectivity index (χ2v) is 8.84. The van der Waals surface area contributed by atoms with Crippen molar-refractivity contribution in [3.63, 3.8) is 0 Å². The van der Waals surface area contributed by atoms with Crippen LogP contribution in [-0.2, 0) is 4.74 Å². The van der Waals surface area contributed by atoms with Crippen molar-refractivity contribution in [3.05, 3.63) is 47.5 Å². The van der Waals surface area contributed by atoms with Gasteiger partial charge in [0.1, 0.15) is 5.60 Å². The third-order valence-corrected chi connectivity index (χ3v) is 6.77. The summed E-state index contributed by atoms with van der Waals surface area (Å²) in [5, 5.41) is 0. The van der Waals surface area contributed by atoms with Crippen LogP contribution in [0.3, 0.4) is 0 Å². The smallest absolute Gasteiger partial charge is 0.338 e. The first-order valence-electron chi connectivity index (χ1n) is 10.0. The van der Waals surface area contributed by atoms with Gasteiger partial charge in [-0.3, -0.25) is 0 Å². The Hall–Kier alpha value is -1.57. The first-order valence-corrected chi connectivity index (χ1v) is 10.0. The second kappa shape index (κ2) is 6.63. The Morgan fingerprint density at radius 2 is 1.88 bits per heavy atom. The maximum absolute atomic E-state index is 12.8. The average Bonchev–Trinajstić information content (AvgIpc) is 3.26. The summed E-state index contributed by atoms with van der Waals surface area (Å²) in [4.78, 5) is 12.8. The highest BCUT2D eigenvalue weighted by Gasteiger charge is 2.37. The van der Waals surface area contributed by atoms with Crippen LogP contribution in [0.2, 0.25) is 0 Å². The molecule has 0 aromatic heterocycles. The minimum Gasteiger partial charge on any atom is -0.456 e. The molecule has 2 fully saturated rings. The summed E-state index contributed by atoms with van der Waals surface area (Å²) in [6, 6.07) is 8.20. The summed E-state index contributed by atoms with van der Waals surface area (Å²) < 4.78 is 5.99. The first kappa shape index (κ1) is 16.9. The van der Waals surface area contributed by atoms with Crippen LogP contribution in [0.15, 0.2) is 36.4 Å². The third kappa shape index (κ3) is 3.41. The van der Waals surface area contributed by atoms with Crippen LogP contribution in [-0.4, -0.2) is 11.6 Å². The number of benzene rings is 1. The van der Waals surface area contributed by atoms with Gasteiger partial charge < -0.3 is 4.74 Å². The van der Waals surface area contributed by atoms with Gasteiger partial charge in [-0.15, -0.1) is 0 Å². The minimum absolute atomic E-state index is 0.156. The van der Waals surface area contributed by atoms with Gasteiger partial charge >= 0.3 is 5.97 Å². The van der Waals surface area contributed by atoms with Crippen LogP contribution in [0, 0.1) is 17.8 Å². The fourth-order valence-electron chi connectivity index (χ4n) is 5.24. The number of hydrogen-bond donors (Lipinski definition) is 0. The van der Waals surface area contributed by atoms with Crippen LogP contribution >= 0.6 is 0 Å². The lowest BCUT2D eigenvalue weighted by Crippen LogP contribution is -2.37. The third-order valence-electron chi connectivity index (χ3n) is 6.77. The summed E-state index contributed by atoms with van der Waals surface area (Å²) in [6.07, 6.45) is 13.5. The summed E-state index contributed by atoms with van der Waals surface area (Å²) in [7, 11) is 0. The first-order chi connectivity index (χ1) is 12.0. The predicted octanol–water partition coefficient (Wildman–Crippen LogP) is 5.88. The summed E-state index contributed by atoms with van der Waals surface area (Å²) in [6.45, 7) is 4.18. The predicted molar refractivity (Wildman–Crippen MR) is 101 cm³/mol.